The van der Waals surface area contributed by atoms with E-state index in [9.17, 15) is 4.79 Å². The Labute approximate surface area is 109 Å². The van der Waals surface area contributed by atoms with Crippen LogP contribution in [0.2, 0.25) is 0 Å². The van der Waals surface area contributed by atoms with Crippen molar-refractivity contribution < 1.29 is 4.79 Å². The Morgan fingerprint density at radius 1 is 1.28 bits per heavy atom. The van der Waals surface area contributed by atoms with E-state index in [4.69, 9.17) is 0 Å². The predicted octanol–water partition coefficient (Wildman–Crippen LogP) is 1.78. The van der Waals surface area contributed by atoms with E-state index < -0.39 is 0 Å². The summed E-state index contributed by atoms with van der Waals surface area (Å²) >= 11 is 0. The van der Waals surface area contributed by atoms with Gasteiger partial charge in [0.2, 0.25) is 0 Å². The van der Waals surface area contributed by atoms with Gasteiger partial charge in [-0.05, 0) is 24.1 Å². The summed E-state index contributed by atoms with van der Waals surface area (Å²) in [7, 11) is 4.03. The van der Waals surface area contributed by atoms with Crippen molar-refractivity contribution in [2.24, 2.45) is 0 Å². The molecular formula is C14H21N3O. The summed E-state index contributed by atoms with van der Waals surface area (Å²) in [4.78, 5) is 13.3. The van der Waals surface area contributed by atoms with Crippen LogP contribution in [0.1, 0.15) is 5.56 Å². The van der Waals surface area contributed by atoms with E-state index in [-0.39, 0.29) is 6.03 Å². The average molecular weight is 247 g/mol. The Morgan fingerprint density at radius 3 is 2.50 bits per heavy atom. The van der Waals surface area contributed by atoms with Crippen LogP contribution in [0.15, 0.2) is 36.9 Å². The summed E-state index contributed by atoms with van der Waals surface area (Å²) in [5.74, 6) is 0. The topological polar surface area (TPSA) is 44.4 Å². The number of amides is 2. The van der Waals surface area contributed by atoms with Crippen LogP contribution in [-0.4, -0.2) is 33.2 Å². The molecule has 4 heteroatoms. The first-order chi connectivity index (χ1) is 8.63. The van der Waals surface area contributed by atoms with Crippen molar-refractivity contribution in [2.75, 3.05) is 32.1 Å². The molecule has 1 rings (SSSR count). The van der Waals surface area contributed by atoms with Crippen molar-refractivity contribution in [3.63, 3.8) is 0 Å². The number of rotatable bonds is 6. The summed E-state index contributed by atoms with van der Waals surface area (Å²) in [5, 5.41) is 5.46. The molecule has 4 nitrogen and oxygen atoms in total. The SMILES string of the molecule is C=CCNC(=O)NCCc1ccc(N(C)C)cc1. The number of hydrogen-bond acceptors (Lipinski definition) is 2. The molecular weight excluding hydrogens is 226 g/mol. The molecule has 0 aliphatic carbocycles. The zero-order valence-corrected chi connectivity index (χ0v) is 11.1. The van der Waals surface area contributed by atoms with Gasteiger partial charge in [-0.2, -0.15) is 0 Å². The highest BCUT2D eigenvalue weighted by Crippen LogP contribution is 2.12. The summed E-state index contributed by atoms with van der Waals surface area (Å²) in [5.41, 5.74) is 2.39. The van der Waals surface area contributed by atoms with E-state index in [1.165, 1.54) is 11.3 Å². The second-order valence-electron chi connectivity index (χ2n) is 4.24. The summed E-state index contributed by atoms with van der Waals surface area (Å²) < 4.78 is 0. The molecule has 2 amide bonds. The van der Waals surface area contributed by atoms with Crippen LogP contribution < -0.4 is 15.5 Å². The molecule has 0 aliphatic heterocycles. The first-order valence-electron chi connectivity index (χ1n) is 6.02. The molecule has 0 saturated carbocycles. The lowest BCUT2D eigenvalue weighted by Crippen LogP contribution is -2.36. The van der Waals surface area contributed by atoms with Crippen LogP contribution in [0.4, 0.5) is 10.5 Å². The maximum Gasteiger partial charge on any atom is 0.315 e. The molecule has 0 bridgehead atoms. The third-order valence-corrected chi connectivity index (χ3v) is 2.56. The van der Waals surface area contributed by atoms with Gasteiger partial charge in [-0.15, -0.1) is 6.58 Å². The number of benzene rings is 1. The standard InChI is InChI=1S/C14H21N3O/c1-4-10-15-14(18)16-11-9-12-5-7-13(8-6-12)17(2)3/h4-8H,1,9-11H2,2-3H3,(H2,15,16,18). The Hall–Kier alpha value is -1.97. The van der Waals surface area contributed by atoms with Gasteiger partial charge in [-0.25, -0.2) is 4.79 Å². The lowest BCUT2D eigenvalue weighted by molar-refractivity contribution is 0.242. The molecule has 0 spiro atoms. The monoisotopic (exact) mass is 247 g/mol. The van der Waals surface area contributed by atoms with Gasteiger partial charge < -0.3 is 15.5 Å². The minimum atomic E-state index is -0.153. The summed E-state index contributed by atoms with van der Waals surface area (Å²) in [6.07, 6.45) is 2.48. The quantitative estimate of drug-likeness (QED) is 0.753. The Kier molecular flexibility index (Phi) is 5.77. The molecule has 98 valence electrons. The minimum absolute atomic E-state index is 0.153. The van der Waals surface area contributed by atoms with E-state index in [1.807, 2.05) is 14.1 Å². The smallest absolute Gasteiger partial charge is 0.315 e. The van der Waals surface area contributed by atoms with Crippen LogP contribution in [-0.2, 0) is 6.42 Å². The molecule has 0 heterocycles. The molecule has 0 unspecified atom stereocenters. The van der Waals surface area contributed by atoms with Crippen molar-refractivity contribution in [3.05, 3.63) is 42.5 Å². The zero-order chi connectivity index (χ0) is 13.4. The number of urea groups is 1. The van der Waals surface area contributed by atoms with Crippen molar-refractivity contribution in [2.45, 2.75) is 6.42 Å². The molecule has 1 aromatic rings. The predicted molar refractivity (Wildman–Crippen MR) is 76.1 cm³/mol. The van der Waals surface area contributed by atoms with Crippen molar-refractivity contribution >= 4 is 11.7 Å². The summed E-state index contributed by atoms with van der Waals surface area (Å²) in [6, 6.07) is 8.16. The Bertz CT molecular complexity index is 385. The van der Waals surface area contributed by atoms with E-state index in [0.717, 1.165) is 6.42 Å². The van der Waals surface area contributed by atoms with Crippen LogP contribution in [0, 0.1) is 0 Å². The average Bonchev–Trinajstić information content (AvgIpc) is 2.37. The summed E-state index contributed by atoms with van der Waals surface area (Å²) in [6.45, 7) is 4.66. The fraction of sp³-hybridized carbons (Fsp3) is 0.357. The molecule has 0 fully saturated rings. The number of anilines is 1. The minimum Gasteiger partial charge on any atom is -0.378 e. The molecule has 0 radical (unpaired) electrons. The second kappa shape index (κ2) is 7.37. The maximum absolute atomic E-state index is 11.3. The van der Waals surface area contributed by atoms with Crippen LogP contribution >= 0.6 is 0 Å². The fourth-order valence-corrected chi connectivity index (χ4v) is 1.51. The number of carbonyl (C=O) groups is 1. The molecule has 0 atom stereocenters. The van der Waals surface area contributed by atoms with Gasteiger partial charge >= 0.3 is 6.03 Å². The van der Waals surface area contributed by atoms with Gasteiger partial charge in [-0.1, -0.05) is 18.2 Å². The normalized spacial score (nSPS) is 9.67. The van der Waals surface area contributed by atoms with E-state index in [0.29, 0.717) is 13.1 Å². The van der Waals surface area contributed by atoms with Crippen LogP contribution in [0.5, 0.6) is 0 Å². The maximum atomic E-state index is 11.3. The number of nitrogens with zero attached hydrogens (tertiary/aromatic N) is 1. The Balaban J connectivity index is 2.31. The number of hydrogen-bond donors (Lipinski definition) is 2. The molecule has 1 aromatic carbocycles. The molecule has 18 heavy (non-hydrogen) atoms. The van der Waals surface area contributed by atoms with Crippen molar-refractivity contribution in [1.29, 1.82) is 0 Å². The largest absolute Gasteiger partial charge is 0.378 e. The van der Waals surface area contributed by atoms with Gasteiger partial charge in [-0.3, -0.25) is 0 Å². The molecule has 0 aromatic heterocycles. The highest BCUT2D eigenvalue weighted by molar-refractivity contribution is 5.73. The second-order valence-corrected chi connectivity index (χ2v) is 4.24. The van der Waals surface area contributed by atoms with Crippen LogP contribution in [0.3, 0.4) is 0 Å². The molecule has 0 aliphatic rings. The van der Waals surface area contributed by atoms with Gasteiger partial charge in [0.15, 0.2) is 0 Å². The lowest BCUT2D eigenvalue weighted by Gasteiger charge is -2.12. The first-order valence-corrected chi connectivity index (χ1v) is 6.02. The van der Waals surface area contributed by atoms with Gasteiger partial charge in [0.1, 0.15) is 0 Å². The van der Waals surface area contributed by atoms with E-state index >= 15 is 0 Å². The van der Waals surface area contributed by atoms with Crippen molar-refractivity contribution in [3.8, 4) is 0 Å². The van der Waals surface area contributed by atoms with Crippen LogP contribution in [0.25, 0.3) is 0 Å². The lowest BCUT2D eigenvalue weighted by atomic mass is 10.1. The van der Waals surface area contributed by atoms with Crippen molar-refractivity contribution in [1.82, 2.24) is 10.6 Å². The fourth-order valence-electron chi connectivity index (χ4n) is 1.51. The Morgan fingerprint density at radius 2 is 1.94 bits per heavy atom. The van der Waals surface area contributed by atoms with E-state index in [2.05, 4.69) is 46.4 Å². The zero-order valence-electron chi connectivity index (χ0n) is 11.1. The van der Waals surface area contributed by atoms with Gasteiger partial charge in [0.25, 0.3) is 0 Å². The molecule has 0 saturated heterocycles. The first kappa shape index (κ1) is 14.1. The van der Waals surface area contributed by atoms with Gasteiger partial charge in [0.05, 0.1) is 0 Å². The highest BCUT2D eigenvalue weighted by atomic mass is 16.2. The van der Waals surface area contributed by atoms with E-state index in [1.54, 1.807) is 6.08 Å². The third-order valence-electron chi connectivity index (χ3n) is 2.56. The van der Waals surface area contributed by atoms with Gasteiger partial charge in [0, 0.05) is 32.9 Å². The number of carbonyl (C=O) groups excluding carboxylic acids is 1. The molecule has 2 N–H and O–H groups in total. The third kappa shape index (κ3) is 4.91. The number of nitrogens with one attached hydrogen (secondary N) is 2. The highest BCUT2D eigenvalue weighted by Gasteiger charge is 1.99.